The van der Waals surface area contributed by atoms with Crippen LogP contribution in [0.2, 0.25) is 0 Å². The summed E-state index contributed by atoms with van der Waals surface area (Å²) >= 11 is 1.44. The van der Waals surface area contributed by atoms with Crippen molar-refractivity contribution in [3.63, 3.8) is 0 Å². The molecule has 4 nitrogen and oxygen atoms in total. The molecule has 1 heterocycles. The van der Waals surface area contributed by atoms with Gasteiger partial charge in [-0.05, 0) is 31.5 Å². The maximum absolute atomic E-state index is 12.0. The van der Waals surface area contributed by atoms with E-state index in [0.29, 0.717) is 0 Å². The van der Waals surface area contributed by atoms with Crippen molar-refractivity contribution in [1.82, 2.24) is 4.98 Å². The van der Waals surface area contributed by atoms with Gasteiger partial charge in [-0.25, -0.2) is 4.98 Å². The first-order chi connectivity index (χ1) is 9.61. The molecule has 0 bridgehead atoms. The van der Waals surface area contributed by atoms with Gasteiger partial charge in [0.1, 0.15) is 16.7 Å². The summed E-state index contributed by atoms with van der Waals surface area (Å²) in [5.74, 6) is -0.00270. The lowest BCUT2D eigenvalue weighted by atomic mass is 10.00. The fourth-order valence-corrected chi connectivity index (χ4v) is 2.64. The molecule has 0 saturated carbocycles. The Bertz CT molecular complexity index is 549. The quantitative estimate of drug-likeness (QED) is 0.794. The molecule has 0 aliphatic rings. The molecule has 1 unspecified atom stereocenters. The van der Waals surface area contributed by atoms with Crippen molar-refractivity contribution < 1.29 is 14.3 Å². The molecule has 0 N–H and O–H groups in total. The minimum absolute atomic E-state index is 0.121. The molecule has 2 aromatic rings. The average Bonchev–Trinajstić information content (AvgIpc) is 2.94. The fourth-order valence-electron chi connectivity index (χ4n) is 1.89. The number of carbonyl (C=O) groups excluding carboxylic acids is 1. The summed E-state index contributed by atoms with van der Waals surface area (Å²) < 4.78 is 10.5. The number of methoxy groups -OCH3 is 1. The number of aromatic nitrogens is 1. The minimum atomic E-state index is -0.479. The van der Waals surface area contributed by atoms with E-state index in [9.17, 15) is 4.79 Å². The van der Waals surface area contributed by atoms with Crippen LogP contribution in [0, 0.1) is 0 Å². The number of carbonyl (C=O) groups is 1. The van der Waals surface area contributed by atoms with Crippen LogP contribution in [-0.4, -0.2) is 24.2 Å². The zero-order valence-corrected chi connectivity index (χ0v) is 12.5. The Labute approximate surface area is 122 Å². The number of rotatable bonds is 5. The van der Waals surface area contributed by atoms with Crippen LogP contribution < -0.4 is 4.74 Å². The molecule has 2 rings (SSSR count). The van der Waals surface area contributed by atoms with E-state index in [1.807, 2.05) is 43.5 Å². The van der Waals surface area contributed by atoms with Crippen molar-refractivity contribution in [3.05, 3.63) is 46.4 Å². The van der Waals surface area contributed by atoms with E-state index < -0.39 is 5.92 Å². The van der Waals surface area contributed by atoms with Crippen molar-refractivity contribution in [2.45, 2.75) is 25.9 Å². The molecule has 1 atom stereocenters. The van der Waals surface area contributed by atoms with Gasteiger partial charge in [0.2, 0.25) is 0 Å². The summed E-state index contributed by atoms with van der Waals surface area (Å²) in [6, 6.07) is 7.47. The van der Waals surface area contributed by atoms with Gasteiger partial charge in [-0.3, -0.25) is 4.79 Å². The van der Waals surface area contributed by atoms with Crippen LogP contribution in [0.25, 0.3) is 0 Å². The molecule has 0 radical (unpaired) electrons. The van der Waals surface area contributed by atoms with Crippen LogP contribution in [-0.2, 0) is 9.53 Å². The first kappa shape index (κ1) is 14.5. The van der Waals surface area contributed by atoms with E-state index >= 15 is 0 Å². The molecular weight excluding hydrogens is 274 g/mol. The van der Waals surface area contributed by atoms with Gasteiger partial charge in [-0.1, -0.05) is 12.1 Å². The van der Waals surface area contributed by atoms with Gasteiger partial charge in [0.15, 0.2) is 0 Å². The number of esters is 1. The van der Waals surface area contributed by atoms with Gasteiger partial charge >= 0.3 is 5.97 Å². The van der Waals surface area contributed by atoms with Crippen LogP contribution in [0.5, 0.6) is 5.75 Å². The molecule has 0 fully saturated rings. The zero-order valence-electron chi connectivity index (χ0n) is 11.7. The van der Waals surface area contributed by atoms with Crippen molar-refractivity contribution in [1.29, 1.82) is 0 Å². The second-order valence-corrected chi connectivity index (χ2v) is 5.49. The van der Waals surface area contributed by atoms with Crippen LogP contribution in [0.1, 0.15) is 30.3 Å². The highest BCUT2D eigenvalue weighted by Crippen LogP contribution is 2.29. The lowest BCUT2D eigenvalue weighted by Gasteiger charge is -2.14. The summed E-state index contributed by atoms with van der Waals surface area (Å²) in [5, 5.41) is 2.58. The van der Waals surface area contributed by atoms with Gasteiger partial charge in [0.05, 0.1) is 13.2 Å². The Morgan fingerprint density at radius 1 is 1.25 bits per heavy atom. The Hall–Kier alpha value is -1.88. The van der Waals surface area contributed by atoms with Gasteiger partial charge in [-0.15, -0.1) is 11.3 Å². The average molecular weight is 291 g/mol. The number of thiazole rings is 1. The standard InChI is InChI=1S/C15H17NO3S/c1-10(2)19-12-6-4-11(5-7-12)13(15(17)18-3)14-16-8-9-20-14/h4-10,13H,1-3H3. The summed E-state index contributed by atoms with van der Waals surface area (Å²) in [6.07, 6.45) is 1.81. The number of hydrogen-bond donors (Lipinski definition) is 0. The summed E-state index contributed by atoms with van der Waals surface area (Å²) in [4.78, 5) is 16.2. The summed E-state index contributed by atoms with van der Waals surface area (Å²) in [6.45, 7) is 3.95. The predicted molar refractivity (Wildman–Crippen MR) is 78.2 cm³/mol. The van der Waals surface area contributed by atoms with Crippen LogP contribution in [0.3, 0.4) is 0 Å². The zero-order chi connectivity index (χ0) is 14.5. The molecule has 1 aromatic carbocycles. The molecule has 1 aromatic heterocycles. The van der Waals surface area contributed by atoms with E-state index in [4.69, 9.17) is 9.47 Å². The van der Waals surface area contributed by atoms with E-state index in [1.54, 1.807) is 6.20 Å². The van der Waals surface area contributed by atoms with E-state index in [2.05, 4.69) is 4.98 Å². The first-order valence-electron chi connectivity index (χ1n) is 6.35. The largest absolute Gasteiger partial charge is 0.491 e. The first-order valence-corrected chi connectivity index (χ1v) is 7.23. The maximum Gasteiger partial charge on any atom is 0.320 e. The number of nitrogens with zero attached hydrogens (tertiary/aromatic N) is 1. The molecule has 20 heavy (non-hydrogen) atoms. The third-order valence-electron chi connectivity index (χ3n) is 2.72. The topological polar surface area (TPSA) is 48.4 Å². The molecule has 5 heteroatoms. The van der Waals surface area contributed by atoms with Crippen LogP contribution in [0.4, 0.5) is 0 Å². The molecule has 0 saturated heterocycles. The van der Waals surface area contributed by atoms with Gasteiger partial charge in [0, 0.05) is 11.6 Å². The third-order valence-corrected chi connectivity index (χ3v) is 3.56. The lowest BCUT2D eigenvalue weighted by Crippen LogP contribution is -2.15. The minimum Gasteiger partial charge on any atom is -0.491 e. The highest BCUT2D eigenvalue weighted by molar-refractivity contribution is 7.09. The highest BCUT2D eigenvalue weighted by Gasteiger charge is 2.25. The third kappa shape index (κ3) is 3.36. The van der Waals surface area contributed by atoms with Crippen LogP contribution >= 0.6 is 11.3 Å². The Kier molecular flexibility index (Phi) is 4.74. The second kappa shape index (κ2) is 6.52. The molecular formula is C15H17NO3S. The maximum atomic E-state index is 12.0. The van der Waals surface area contributed by atoms with Gasteiger partial charge < -0.3 is 9.47 Å². The van der Waals surface area contributed by atoms with E-state index in [-0.39, 0.29) is 12.1 Å². The highest BCUT2D eigenvalue weighted by atomic mass is 32.1. The summed E-state index contributed by atoms with van der Waals surface area (Å²) in [5.41, 5.74) is 0.850. The van der Waals surface area contributed by atoms with Crippen molar-refractivity contribution in [3.8, 4) is 5.75 Å². The normalized spacial score (nSPS) is 12.2. The van der Waals surface area contributed by atoms with Crippen molar-refractivity contribution >= 4 is 17.3 Å². The molecule has 106 valence electrons. The SMILES string of the molecule is COC(=O)C(c1ccc(OC(C)C)cc1)c1nccs1. The smallest absolute Gasteiger partial charge is 0.320 e. The van der Waals surface area contributed by atoms with Crippen molar-refractivity contribution in [2.24, 2.45) is 0 Å². The molecule has 0 aliphatic heterocycles. The second-order valence-electron chi connectivity index (χ2n) is 4.56. The number of benzene rings is 1. The predicted octanol–water partition coefficient (Wildman–Crippen LogP) is 3.24. The van der Waals surface area contributed by atoms with Crippen LogP contribution in [0.15, 0.2) is 35.8 Å². The number of ether oxygens (including phenoxy) is 2. The Morgan fingerprint density at radius 3 is 2.45 bits per heavy atom. The van der Waals surface area contributed by atoms with Gasteiger partial charge in [-0.2, -0.15) is 0 Å². The molecule has 0 amide bonds. The van der Waals surface area contributed by atoms with Crippen molar-refractivity contribution in [2.75, 3.05) is 7.11 Å². The Morgan fingerprint density at radius 2 is 1.95 bits per heavy atom. The lowest BCUT2D eigenvalue weighted by molar-refractivity contribution is -0.141. The monoisotopic (exact) mass is 291 g/mol. The molecule has 0 aliphatic carbocycles. The summed E-state index contributed by atoms with van der Waals surface area (Å²) in [7, 11) is 1.39. The van der Waals surface area contributed by atoms with E-state index in [0.717, 1.165) is 16.3 Å². The Balaban J connectivity index is 2.28. The molecule has 0 spiro atoms. The number of hydrogen-bond acceptors (Lipinski definition) is 5. The van der Waals surface area contributed by atoms with E-state index in [1.165, 1.54) is 18.4 Å². The van der Waals surface area contributed by atoms with Gasteiger partial charge in [0.25, 0.3) is 0 Å². The fraction of sp³-hybridized carbons (Fsp3) is 0.333.